The summed E-state index contributed by atoms with van der Waals surface area (Å²) in [5.74, 6) is 0.864. The number of ether oxygens (including phenoxy) is 1. The number of nitrogens with zero attached hydrogens (tertiary/aromatic N) is 1. The molecule has 2 heterocycles. The number of rotatable bonds is 2. The largest absolute Gasteiger partial charge is 0.497 e. The highest BCUT2D eigenvalue weighted by atomic mass is 16.5. The summed E-state index contributed by atoms with van der Waals surface area (Å²) in [6.45, 7) is 4.30. The van der Waals surface area contributed by atoms with Crippen LogP contribution in [0.4, 0.5) is 0 Å². The second-order valence-electron chi connectivity index (χ2n) is 6.00. The molecule has 2 aliphatic heterocycles. The topological polar surface area (TPSA) is 32.7 Å². The summed E-state index contributed by atoms with van der Waals surface area (Å²) in [6.07, 6.45) is 4.23. The number of hydrogen-bond donors (Lipinski definition) is 1. The van der Waals surface area contributed by atoms with E-state index in [1.54, 1.807) is 7.11 Å². The monoisotopic (exact) mass is 261 g/mol. The molecule has 3 heteroatoms. The van der Waals surface area contributed by atoms with Gasteiger partial charge in [0.25, 0.3) is 0 Å². The van der Waals surface area contributed by atoms with Crippen LogP contribution in [0.25, 0.3) is 0 Å². The van der Waals surface area contributed by atoms with E-state index in [1.165, 1.54) is 19.4 Å². The molecule has 104 valence electrons. The maximum absolute atomic E-state index is 11.1. The van der Waals surface area contributed by atoms with Crippen molar-refractivity contribution in [2.24, 2.45) is 0 Å². The molecular weight excluding hydrogens is 238 g/mol. The number of fused-ring (bicyclic) bond motifs is 1. The highest BCUT2D eigenvalue weighted by Crippen LogP contribution is 2.41. The second-order valence-corrected chi connectivity index (χ2v) is 6.00. The van der Waals surface area contributed by atoms with Crippen molar-refractivity contribution in [2.75, 3.05) is 20.2 Å². The predicted octanol–water partition coefficient (Wildman–Crippen LogP) is 2.45. The summed E-state index contributed by atoms with van der Waals surface area (Å²) < 4.78 is 5.25. The molecule has 0 bridgehead atoms. The van der Waals surface area contributed by atoms with Crippen molar-refractivity contribution in [2.45, 2.75) is 44.2 Å². The minimum atomic E-state index is -0.651. The summed E-state index contributed by atoms with van der Waals surface area (Å²) in [5.41, 5.74) is 1.56. The Hall–Kier alpha value is -1.06. The molecule has 1 N–H and O–H groups in total. The van der Waals surface area contributed by atoms with Gasteiger partial charge >= 0.3 is 0 Å². The fraction of sp³-hybridized carbons (Fsp3) is 0.625. The van der Waals surface area contributed by atoms with Crippen molar-refractivity contribution in [3.8, 4) is 5.75 Å². The molecule has 0 amide bonds. The third-order valence-electron chi connectivity index (χ3n) is 4.82. The lowest BCUT2D eigenvalue weighted by Crippen LogP contribution is -2.46. The summed E-state index contributed by atoms with van der Waals surface area (Å²) in [5, 5.41) is 11.1. The Morgan fingerprint density at radius 1 is 1.37 bits per heavy atom. The van der Waals surface area contributed by atoms with E-state index in [0.717, 1.165) is 36.3 Å². The SMILES string of the molecule is COc1ccc(C2(O)CCN3CCCC3C2)c(C)c1. The van der Waals surface area contributed by atoms with E-state index in [9.17, 15) is 5.11 Å². The lowest BCUT2D eigenvalue weighted by atomic mass is 9.79. The highest BCUT2D eigenvalue weighted by molar-refractivity contribution is 5.38. The van der Waals surface area contributed by atoms with Crippen LogP contribution in [-0.4, -0.2) is 36.2 Å². The number of methoxy groups -OCH3 is 1. The van der Waals surface area contributed by atoms with Crippen LogP contribution in [0.15, 0.2) is 18.2 Å². The van der Waals surface area contributed by atoms with E-state index < -0.39 is 5.60 Å². The molecule has 3 rings (SSSR count). The van der Waals surface area contributed by atoms with Gasteiger partial charge < -0.3 is 14.7 Å². The predicted molar refractivity (Wildman–Crippen MR) is 75.5 cm³/mol. The van der Waals surface area contributed by atoms with E-state index in [4.69, 9.17) is 4.74 Å². The van der Waals surface area contributed by atoms with Gasteiger partial charge in [0.1, 0.15) is 5.75 Å². The standard InChI is InChI=1S/C16H23NO2/c1-12-10-14(19-2)5-6-15(12)16(18)7-9-17-8-3-4-13(17)11-16/h5-6,10,13,18H,3-4,7-9,11H2,1-2H3. The summed E-state index contributed by atoms with van der Waals surface area (Å²) >= 11 is 0. The number of aryl methyl sites for hydroxylation is 1. The maximum Gasteiger partial charge on any atom is 0.119 e. The van der Waals surface area contributed by atoms with Crippen molar-refractivity contribution in [3.05, 3.63) is 29.3 Å². The van der Waals surface area contributed by atoms with Crippen LogP contribution in [0, 0.1) is 6.92 Å². The number of benzene rings is 1. The third-order valence-corrected chi connectivity index (χ3v) is 4.82. The first-order valence-electron chi connectivity index (χ1n) is 7.24. The van der Waals surface area contributed by atoms with E-state index in [1.807, 2.05) is 18.2 Å². The number of piperidine rings is 1. The van der Waals surface area contributed by atoms with Crippen LogP contribution in [0.1, 0.15) is 36.8 Å². The molecule has 2 fully saturated rings. The lowest BCUT2D eigenvalue weighted by molar-refractivity contribution is -0.0413. The van der Waals surface area contributed by atoms with Gasteiger partial charge in [-0.3, -0.25) is 0 Å². The van der Waals surface area contributed by atoms with Gasteiger partial charge in [0, 0.05) is 12.6 Å². The summed E-state index contributed by atoms with van der Waals surface area (Å²) in [6, 6.07) is 6.59. The zero-order valence-corrected chi connectivity index (χ0v) is 11.9. The van der Waals surface area contributed by atoms with E-state index >= 15 is 0 Å². The van der Waals surface area contributed by atoms with Gasteiger partial charge in [0.2, 0.25) is 0 Å². The summed E-state index contributed by atoms with van der Waals surface area (Å²) in [4.78, 5) is 2.54. The van der Waals surface area contributed by atoms with Gasteiger partial charge in [0.15, 0.2) is 0 Å². The Kier molecular flexibility index (Phi) is 3.27. The molecule has 0 aromatic heterocycles. The Morgan fingerprint density at radius 3 is 2.95 bits per heavy atom. The first-order valence-corrected chi connectivity index (χ1v) is 7.24. The van der Waals surface area contributed by atoms with Gasteiger partial charge in [-0.05, 0) is 62.4 Å². The Bertz CT molecular complexity index is 474. The van der Waals surface area contributed by atoms with E-state index in [-0.39, 0.29) is 0 Å². The molecule has 0 aliphatic carbocycles. The van der Waals surface area contributed by atoms with Crippen LogP contribution >= 0.6 is 0 Å². The lowest BCUT2D eigenvalue weighted by Gasteiger charge is -2.41. The minimum Gasteiger partial charge on any atom is -0.497 e. The number of aliphatic hydroxyl groups is 1. The van der Waals surface area contributed by atoms with Gasteiger partial charge in [-0.15, -0.1) is 0 Å². The van der Waals surface area contributed by atoms with Crippen LogP contribution in [0.5, 0.6) is 5.75 Å². The fourth-order valence-corrected chi connectivity index (χ4v) is 3.77. The van der Waals surface area contributed by atoms with E-state index in [0.29, 0.717) is 6.04 Å². The molecule has 0 radical (unpaired) electrons. The molecule has 2 aliphatic rings. The van der Waals surface area contributed by atoms with Gasteiger partial charge in [-0.2, -0.15) is 0 Å². The molecule has 0 saturated carbocycles. The van der Waals surface area contributed by atoms with Crippen LogP contribution < -0.4 is 4.74 Å². The Balaban J connectivity index is 1.88. The van der Waals surface area contributed by atoms with Crippen molar-refractivity contribution < 1.29 is 9.84 Å². The average Bonchev–Trinajstić information content (AvgIpc) is 2.85. The first kappa shape index (κ1) is 12.9. The van der Waals surface area contributed by atoms with Crippen LogP contribution in [0.2, 0.25) is 0 Å². The van der Waals surface area contributed by atoms with Gasteiger partial charge in [-0.25, -0.2) is 0 Å². The normalized spacial score (nSPS) is 31.2. The second kappa shape index (κ2) is 4.80. The molecule has 1 aromatic rings. The highest BCUT2D eigenvalue weighted by Gasteiger charge is 2.41. The average molecular weight is 261 g/mol. The van der Waals surface area contributed by atoms with Crippen molar-refractivity contribution >= 4 is 0 Å². The molecule has 0 spiro atoms. The smallest absolute Gasteiger partial charge is 0.119 e. The minimum absolute atomic E-state index is 0.570. The number of hydrogen-bond acceptors (Lipinski definition) is 3. The van der Waals surface area contributed by atoms with E-state index in [2.05, 4.69) is 11.8 Å². The first-order chi connectivity index (χ1) is 9.12. The van der Waals surface area contributed by atoms with Crippen LogP contribution in [0.3, 0.4) is 0 Å². The molecule has 2 unspecified atom stereocenters. The Labute approximate surface area is 115 Å². The van der Waals surface area contributed by atoms with Crippen molar-refractivity contribution in [3.63, 3.8) is 0 Å². The Morgan fingerprint density at radius 2 is 2.21 bits per heavy atom. The molecular formula is C16H23NO2. The van der Waals surface area contributed by atoms with Gasteiger partial charge in [-0.1, -0.05) is 6.07 Å². The molecule has 2 atom stereocenters. The molecule has 1 aromatic carbocycles. The molecule has 2 saturated heterocycles. The third kappa shape index (κ3) is 2.26. The maximum atomic E-state index is 11.1. The van der Waals surface area contributed by atoms with Crippen LogP contribution in [-0.2, 0) is 5.60 Å². The quantitative estimate of drug-likeness (QED) is 0.887. The van der Waals surface area contributed by atoms with Crippen molar-refractivity contribution in [1.29, 1.82) is 0 Å². The van der Waals surface area contributed by atoms with Crippen molar-refractivity contribution in [1.82, 2.24) is 4.90 Å². The fourth-order valence-electron chi connectivity index (χ4n) is 3.77. The summed E-state index contributed by atoms with van der Waals surface area (Å²) in [7, 11) is 1.68. The zero-order valence-electron chi connectivity index (χ0n) is 11.9. The molecule has 19 heavy (non-hydrogen) atoms. The molecule has 3 nitrogen and oxygen atoms in total. The van der Waals surface area contributed by atoms with Gasteiger partial charge in [0.05, 0.1) is 12.7 Å². The zero-order chi connectivity index (χ0) is 13.5.